The number of allylic oxidation sites excluding steroid dienone is 1. The van der Waals surface area contributed by atoms with Crippen LogP contribution < -0.4 is 0 Å². The molecule has 1 nitrogen and oxygen atoms in total. The van der Waals surface area contributed by atoms with E-state index in [1.165, 1.54) is 13.2 Å². The predicted molar refractivity (Wildman–Crippen MR) is 21.9 cm³/mol. The second-order valence-electron chi connectivity index (χ2n) is 0.797. The van der Waals surface area contributed by atoms with Gasteiger partial charge in [-0.05, 0) is 13.0 Å². The first-order valence-corrected chi connectivity index (χ1v) is 1.67. The minimum Gasteiger partial charge on any atom is -0.474 e. The van der Waals surface area contributed by atoms with Crippen molar-refractivity contribution in [2.75, 3.05) is 7.11 Å². The van der Waals surface area contributed by atoms with Crippen molar-refractivity contribution in [3.63, 3.8) is 0 Å². The molecule has 0 unspecified atom stereocenters. The van der Waals surface area contributed by atoms with Crippen LogP contribution in [-0.2, 0) is 4.74 Å². The van der Waals surface area contributed by atoms with Crippen LogP contribution in [-0.4, -0.2) is 7.11 Å². The lowest BCUT2D eigenvalue weighted by atomic mass is 10.7. The molecule has 0 fully saturated rings. The Morgan fingerprint density at radius 1 is 1.83 bits per heavy atom. The molecule has 0 heterocycles. The number of hydrogen-bond acceptors (Lipinski definition) is 1. The predicted octanol–water partition coefficient (Wildman–Crippen LogP) is 1.46. The lowest BCUT2D eigenvalue weighted by Crippen LogP contribution is -1.71. The molecule has 0 atom stereocenters. The minimum atomic E-state index is -0.532. The van der Waals surface area contributed by atoms with Crippen molar-refractivity contribution in [2.45, 2.75) is 6.92 Å². The molecule has 36 valence electrons. The topological polar surface area (TPSA) is 9.23 Å². The van der Waals surface area contributed by atoms with Crippen molar-refractivity contribution in [2.24, 2.45) is 0 Å². The second kappa shape index (κ2) is 2.69. The molecule has 0 aromatic carbocycles. The van der Waals surface area contributed by atoms with E-state index in [1.54, 1.807) is 6.92 Å². The highest BCUT2D eigenvalue weighted by Gasteiger charge is 1.78. The summed E-state index contributed by atoms with van der Waals surface area (Å²) in [6.07, 6.45) is 1.25. The van der Waals surface area contributed by atoms with E-state index in [1.807, 2.05) is 0 Å². The van der Waals surface area contributed by atoms with Crippen LogP contribution in [0.15, 0.2) is 12.1 Å². The van der Waals surface area contributed by atoms with Gasteiger partial charge in [0.25, 0.3) is 6.01 Å². The number of ether oxygens (including phenoxy) is 1. The Morgan fingerprint density at radius 2 is 2.33 bits per heavy atom. The van der Waals surface area contributed by atoms with Gasteiger partial charge in [0.1, 0.15) is 0 Å². The van der Waals surface area contributed by atoms with Crippen molar-refractivity contribution in [3.05, 3.63) is 12.1 Å². The van der Waals surface area contributed by atoms with Gasteiger partial charge in [0.15, 0.2) is 0 Å². The molecule has 0 aliphatic rings. The zero-order chi connectivity index (χ0) is 4.99. The molecule has 0 saturated heterocycles. The zero-order valence-corrected chi connectivity index (χ0v) is 3.86. The van der Waals surface area contributed by atoms with E-state index in [4.69, 9.17) is 0 Å². The highest BCUT2D eigenvalue weighted by molar-refractivity contribution is 4.74. The Morgan fingerprint density at radius 3 is 2.33 bits per heavy atom. The van der Waals surface area contributed by atoms with Crippen molar-refractivity contribution in [1.82, 2.24) is 0 Å². The van der Waals surface area contributed by atoms with Gasteiger partial charge in [-0.2, -0.15) is 4.39 Å². The molecule has 0 aromatic rings. The summed E-state index contributed by atoms with van der Waals surface area (Å²) in [5.74, 6) is 0. The summed E-state index contributed by atoms with van der Waals surface area (Å²) in [5, 5.41) is 0. The summed E-state index contributed by atoms with van der Waals surface area (Å²) in [6, 6.07) is -0.532. The zero-order valence-electron chi connectivity index (χ0n) is 3.86. The van der Waals surface area contributed by atoms with Crippen LogP contribution in [0, 0.1) is 0 Å². The van der Waals surface area contributed by atoms with Crippen LogP contribution >= 0.6 is 0 Å². The molecule has 0 aromatic heterocycles. The van der Waals surface area contributed by atoms with Gasteiger partial charge < -0.3 is 4.74 Å². The number of rotatable bonds is 1. The van der Waals surface area contributed by atoms with Gasteiger partial charge in [-0.3, -0.25) is 0 Å². The Hall–Kier alpha value is -0.530. The molecule has 6 heavy (non-hydrogen) atoms. The van der Waals surface area contributed by atoms with Gasteiger partial charge in [-0.1, -0.05) is 0 Å². The molecule has 0 N–H and O–H groups in total. The molecule has 0 spiro atoms. The number of methoxy groups -OCH3 is 1. The van der Waals surface area contributed by atoms with Crippen molar-refractivity contribution in [3.8, 4) is 0 Å². The van der Waals surface area contributed by atoms with E-state index >= 15 is 0 Å². The third-order valence-electron chi connectivity index (χ3n) is 0.422. The first-order valence-electron chi connectivity index (χ1n) is 1.67. The van der Waals surface area contributed by atoms with Crippen molar-refractivity contribution >= 4 is 0 Å². The average Bonchev–Trinajstić information content (AvgIpc) is 1.65. The molecular weight excluding hydrogens is 83.0 g/mol. The fourth-order valence-corrected chi connectivity index (χ4v) is 0.118. The molecular formula is C4H7FO. The van der Waals surface area contributed by atoms with E-state index in [2.05, 4.69) is 4.74 Å². The third-order valence-corrected chi connectivity index (χ3v) is 0.422. The van der Waals surface area contributed by atoms with Crippen LogP contribution in [0.1, 0.15) is 6.92 Å². The molecule has 0 aliphatic heterocycles. The summed E-state index contributed by atoms with van der Waals surface area (Å²) in [4.78, 5) is 0. The summed E-state index contributed by atoms with van der Waals surface area (Å²) >= 11 is 0. The Kier molecular flexibility index (Phi) is 2.46. The molecule has 0 bridgehead atoms. The summed E-state index contributed by atoms with van der Waals surface area (Å²) in [7, 11) is 1.29. The normalized spacial score (nSPS) is 11.5. The lowest BCUT2D eigenvalue weighted by Gasteiger charge is -1.86. The summed E-state index contributed by atoms with van der Waals surface area (Å²) < 4.78 is 15.6. The fourth-order valence-electron chi connectivity index (χ4n) is 0.118. The molecule has 0 radical (unpaired) electrons. The van der Waals surface area contributed by atoms with E-state index in [0.29, 0.717) is 0 Å². The van der Waals surface area contributed by atoms with Gasteiger partial charge in [-0.15, -0.1) is 0 Å². The van der Waals surface area contributed by atoms with Crippen LogP contribution in [0.25, 0.3) is 0 Å². The maximum Gasteiger partial charge on any atom is 0.268 e. The largest absolute Gasteiger partial charge is 0.474 e. The number of halogens is 1. The third kappa shape index (κ3) is 1.76. The van der Waals surface area contributed by atoms with Gasteiger partial charge >= 0.3 is 0 Å². The quantitative estimate of drug-likeness (QED) is 0.443. The van der Waals surface area contributed by atoms with Crippen LogP contribution in [0.3, 0.4) is 0 Å². The maximum atomic E-state index is 11.5. The van der Waals surface area contributed by atoms with Crippen LogP contribution in [0.5, 0.6) is 0 Å². The molecule has 0 saturated carbocycles. The first kappa shape index (κ1) is 5.47. The Labute approximate surface area is 36.4 Å². The average molecular weight is 90.1 g/mol. The summed E-state index contributed by atoms with van der Waals surface area (Å²) in [5.41, 5.74) is 0. The molecule has 0 rings (SSSR count). The van der Waals surface area contributed by atoms with Crippen LogP contribution in [0.4, 0.5) is 4.39 Å². The van der Waals surface area contributed by atoms with E-state index in [0.717, 1.165) is 0 Å². The molecule has 2 heteroatoms. The standard InChI is InChI=1S/C4H7FO/c1-3-4(5)6-2/h3H,1-2H3. The highest BCUT2D eigenvalue weighted by Crippen LogP contribution is 1.91. The van der Waals surface area contributed by atoms with E-state index in [9.17, 15) is 4.39 Å². The van der Waals surface area contributed by atoms with Gasteiger partial charge in [0, 0.05) is 0 Å². The first-order chi connectivity index (χ1) is 2.81. The van der Waals surface area contributed by atoms with Crippen molar-refractivity contribution < 1.29 is 9.13 Å². The summed E-state index contributed by atoms with van der Waals surface area (Å²) in [6.45, 7) is 1.57. The molecule has 0 amide bonds. The fraction of sp³-hybridized carbons (Fsp3) is 0.500. The maximum absolute atomic E-state index is 11.5. The van der Waals surface area contributed by atoms with Crippen LogP contribution in [0.2, 0.25) is 0 Å². The van der Waals surface area contributed by atoms with E-state index in [-0.39, 0.29) is 0 Å². The minimum absolute atomic E-state index is 0.532. The van der Waals surface area contributed by atoms with Gasteiger partial charge in [0.2, 0.25) is 0 Å². The highest BCUT2D eigenvalue weighted by atomic mass is 19.1. The number of hydrogen-bond donors (Lipinski definition) is 0. The second-order valence-corrected chi connectivity index (χ2v) is 0.797. The lowest BCUT2D eigenvalue weighted by molar-refractivity contribution is 0.202. The smallest absolute Gasteiger partial charge is 0.268 e. The van der Waals surface area contributed by atoms with Gasteiger partial charge in [0.05, 0.1) is 7.11 Å². The SMILES string of the molecule is CC=C(F)OC. The van der Waals surface area contributed by atoms with Crippen molar-refractivity contribution in [1.29, 1.82) is 0 Å². The molecule has 0 aliphatic carbocycles. The van der Waals surface area contributed by atoms with Gasteiger partial charge in [-0.25, -0.2) is 0 Å². The van der Waals surface area contributed by atoms with E-state index < -0.39 is 6.01 Å². The monoisotopic (exact) mass is 90.0 g/mol. The Bertz CT molecular complexity index is 58.6. The Balaban J connectivity index is 3.22.